The minimum atomic E-state index is -0.0813. The number of amides is 1. The maximum Gasteiger partial charge on any atom is 0.257 e. The fourth-order valence-electron chi connectivity index (χ4n) is 2.05. The van der Waals surface area contributed by atoms with Crippen LogP contribution in [0.15, 0.2) is 18.2 Å². The number of methoxy groups -OCH3 is 1. The lowest BCUT2D eigenvalue weighted by Crippen LogP contribution is -2.30. The van der Waals surface area contributed by atoms with Crippen LogP contribution in [0.4, 0.5) is 0 Å². The summed E-state index contributed by atoms with van der Waals surface area (Å²) in [6.45, 7) is 4.39. The molecule has 1 saturated carbocycles. The Balaban J connectivity index is 1.93. The number of carbonyl (C=O) groups excluding carboxylic acids is 1. The highest BCUT2D eigenvalue weighted by Crippen LogP contribution is 2.31. The minimum absolute atomic E-state index is 0.0201. The third kappa shape index (κ3) is 4.93. The molecule has 1 aliphatic rings. The van der Waals surface area contributed by atoms with E-state index < -0.39 is 0 Å². The molecule has 5 nitrogen and oxygen atoms in total. The number of nitrogens with one attached hydrogen (secondary N) is 2. The number of carbonyl (C=O) groups is 1. The molecule has 0 aliphatic heterocycles. The van der Waals surface area contributed by atoms with Crippen molar-refractivity contribution in [3.05, 3.63) is 23.8 Å². The number of hydrogen-bond acceptors (Lipinski definition) is 4. The van der Waals surface area contributed by atoms with Crippen molar-refractivity contribution in [2.75, 3.05) is 26.8 Å². The SMILES string of the molecule is CCNCc1cccc(OC)c1OCC(=O)NCC1CC1. The van der Waals surface area contributed by atoms with Gasteiger partial charge in [0.15, 0.2) is 18.1 Å². The summed E-state index contributed by atoms with van der Waals surface area (Å²) in [5.74, 6) is 1.88. The third-order valence-corrected chi connectivity index (χ3v) is 3.48. The maximum atomic E-state index is 11.8. The van der Waals surface area contributed by atoms with Gasteiger partial charge in [-0.3, -0.25) is 4.79 Å². The van der Waals surface area contributed by atoms with Crippen molar-refractivity contribution in [2.24, 2.45) is 5.92 Å². The van der Waals surface area contributed by atoms with E-state index in [0.29, 0.717) is 24.0 Å². The van der Waals surface area contributed by atoms with E-state index in [1.807, 2.05) is 25.1 Å². The van der Waals surface area contributed by atoms with Gasteiger partial charge in [-0.2, -0.15) is 0 Å². The van der Waals surface area contributed by atoms with Gasteiger partial charge in [0.2, 0.25) is 0 Å². The Bertz CT molecular complexity index is 473. The molecule has 0 unspecified atom stereocenters. The molecule has 116 valence electrons. The average molecular weight is 292 g/mol. The first-order valence-corrected chi connectivity index (χ1v) is 7.50. The molecule has 21 heavy (non-hydrogen) atoms. The molecule has 2 rings (SSSR count). The van der Waals surface area contributed by atoms with Gasteiger partial charge in [0.1, 0.15) is 0 Å². The van der Waals surface area contributed by atoms with Crippen LogP contribution in [-0.4, -0.2) is 32.7 Å². The topological polar surface area (TPSA) is 59.6 Å². The van der Waals surface area contributed by atoms with E-state index in [1.165, 1.54) is 12.8 Å². The van der Waals surface area contributed by atoms with Crippen LogP contribution in [0.25, 0.3) is 0 Å². The predicted octanol–water partition coefficient (Wildman–Crippen LogP) is 1.71. The molecule has 0 aromatic heterocycles. The summed E-state index contributed by atoms with van der Waals surface area (Å²) < 4.78 is 11.0. The lowest BCUT2D eigenvalue weighted by Gasteiger charge is -2.15. The maximum absolute atomic E-state index is 11.8. The Morgan fingerprint density at radius 2 is 2.19 bits per heavy atom. The summed E-state index contributed by atoms with van der Waals surface area (Å²) in [5, 5.41) is 6.15. The first-order chi connectivity index (χ1) is 10.2. The Morgan fingerprint density at radius 1 is 1.38 bits per heavy atom. The molecule has 1 aromatic rings. The van der Waals surface area contributed by atoms with E-state index in [4.69, 9.17) is 9.47 Å². The zero-order chi connectivity index (χ0) is 15.1. The van der Waals surface area contributed by atoms with Crippen molar-refractivity contribution < 1.29 is 14.3 Å². The molecular formula is C16H24N2O3. The van der Waals surface area contributed by atoms with Crippen molar-refractivity contribution >= 4 is 5.91 Å². The van der Waals surface area contributed by atoms with Gasteiger partial charge < -0.3 is 20.1 Å². The molecule has 1 aliphatic carbocycles. The Labute approximate surface area is 126 Å². The van der Waals surface area contributed by atoms with Gasteiger partial charge in [-0.25, -0.2) is 0 Å². The largest absolute Gasteiger partial charge is 0.493 e. The summed E-state index contributed by atoms with van der Waals surface area (Å²) in [6.07, 6.45) is 2.45. The quantitative estimate of drug-likeness (QED) is 0.727. The van der Waals surface area contributed by atoms with Crippen molar-refractivity contribution in [1.29, 1.82) is 0 Å². The molecule has 1 amide bonds. The van der Waals surface area contributed by atoms with E-state index in [2.05, 4.69) is 10.6 Å². The molecule has 0 heterocycles. The lowest BCUT2D eigenvalue weighted by molar-refractivity contribution is -0.123. The molecular weight excluding hydrogens is 268 g/mol. The predicted molar refractivity (Wildman–Crippen MR) is 81.6 cm³/mol. The van der Waals surface area contributed by atoms with E-state index in [0.717, 1.165) is 18.7 Å². The molecule has 0 bridgehead atoms. The highest BCUT2D eigenvalue weighted by atomic mass is 16.5. The van der Waals surface area contributed by atoms with E-state index in [9.17, 15) is 4.79 Å². The fraction of sp³-hybridized carbons (Fsp3) is 0.562. The van der Waals surface area contributed by atoms with Crippen molar-refractivity contribution in [2.45, 2.75) is 26.3 Å². The molecule has 0 spiro atoms. The van der Waals surface area contributed by atoms with Gasteiger partial charge in [-0.15, -0.1) is 0 Å². The second-order valence-electron chi connectivity index (χ2n) is 5.26. The molecule has 1 aromatic carbocycles. The molecule has 0 saturated heterocycles. The van der Waals surface area contributed by atoms with Gasteiger partial charge in [0, 0.05) is 18.7 Å². The Hall–Kier alpha value is -1.75. The van der Waals surface area contributed by atoms with Gasteiger partial charge >= 0.3 is 0 Å². The zero-order valence-corrected chi connectivity index (χ0v) is 12.8. The first kappa shape index (κ1) is 15.6. The minimum Gasteiger partial charge on any atom is -0.493 e. The van der Waals surface area contributed by atoms with Crippen LogP contribution in [-0.2, 0) is 11.3 Å². The monoisotopic (exact) mass is 292 g/mol. The molecule has 1 fully saturated rings. The van der Waals surface area contributed by atoms with Crippen LogP contribution in [0, 0.1) is 5.92 Å². The summed E-state index contributed by atoms with van der Waals surface area (Å²) in [5.41, 5.74) is 0.992. The van der Waals surface area contributed by atoms with Gasteiger partial charge in [0.05, 0.1) is 7.11 Å². The van der Waals surface area contributed by atoms with Crippen molar-refractivity contribution in [3.63, 3.8) is 0 Å². The number of hydrogen-bond donors (Lipinski definition) is 2. The van der Waals surface area contributed by atoms with Crippen LogP contribution in [0.1, 0.15) is 25.3 Å². The smallest absolute Gasteiger partial charge is 0.257 e. The summed E-state index contributed by atoms with van der Waals surface area (Å²) in [7, 11) is 1.60. The number of benzene rings is 1. The molecule has 5 heteroatoms. The lowest BCUT2D eigenvalue weighted by atomic mass is 10.2. The van der Waals surface area contributed by atoms with E-state index in [1.54, 1.807) is 7.11 Å². The van der Waals surface area contributed by atoms with E-state index in [-0.39, 0.29) is 12.5 Å². The van der Waals surface area contributed by atoms with Gasteiger partial charge in [-0.1, -0.05) is 19.1 Å². The van der Waals surface area contributed by atoms with E-state index >= 15 is 0 Å². The first-order valence-electron chi connectivity index (χ1n) is 7.50. The Morgan fingerprint density at radius 3 is 2.86 bits per heavy atom. The molecule has 0 atom stereocenters. The summed E-state index contributed by atoms with van der Waals surface area (Å²) in [4.78, 5) is 11.8. The highest BCUT2D eigenvalue weighted by Gasteiger charge is 2.21. The number of rotatable bonds is 9. The second kappa shape index (κ2) is 7.88. The van der Waals surface area contributed by atoms with Gasteiger partial charge in [-0.05, 0) is 31.4 Å². The number of para-hydroxylation sites is 1. The van der Waals surface area contributed by atoms with Crippen LogP contribution >= 0.6 is 0 Å². The second-order valence-corrected chi connectivity index (χ2v) is 5.26. The highest BCUT2D eigenvalue weighted by molar-refractivity contribution is 5.77. The summed E-state index contributed by atoms with van der Waals surface area (Å²) in [6, 6.07) is 5.74. The van der Waals surface area contributed by atoms with Crippen LogP contribution in [0.3, 0.4) is 0 Å². The van der Waals surface area contributed by atoms with Crippen LogP contribution in [0.2, 0.25) is 0 Å². The standard InChI is InChI=1S/C16H24N2O3/c1-3-17-10-13-5-4-6-14(20-2)16(13)21-11-15(19)18-9-12-7-8-12/h4-6,12,17H,3,7-11H2,1-2H3,(H,18,19). The zero-order valence-electron chi connectivity index (χ0n) is 12.8. The normalized spacial score (nSPS) is 13.8. The number of ether oxygens (including phenoxy) is 2. The van der Waals surface area contributed by atoms with Crippen LogP contribution < -0.4 is 20.1 Å². The third-order valence-electron chi connectivity index (χ3n) is 3.48. The fourth-order valence-corrected chi connectivity index (χ4v) is 2.05. The van der Waals surface area contributed by atoms with Crippen LogP contribution in [0.5, 0.6) is 11.5 Å². The summed E-state index contributed by atoms with van der Waals surface area (Å²) >= 11 is 0. The average Bonchev–Trinajstić information content (AvgIpc) is 3.33. The van der Waals surface area contributed by atoms with Gasteiger partial charge in [0.25, 0.3) is 5.91 Å². The molecule has 2 N–H and O–H groups in total. The Kier molecular flexibility index (Phi) is 5.87. The van der Waals surface area contributed by atoms with Crippen molar-refractivity contribution in [3.8, 4) is 11.5 Å². The molecule has 0 radical (unpaired) electrons. The van der Waals surface area contributed by atoms with Crippen molar-refractivity contribution in [1.82, 2.24) is 10.6 Å².